The Labute approximate surface area is 101 Å². The number of carbonyl (C=O) groups is 1. The summed E-state index contributed by atoms with van der Waals surface area (Å²) in [6.45, 7) is 0.453. The molecule has 3 rings (SSSR count). The number of hydrogen-bond acceptors (Lipinski definition) is 3. The lowest BCUT2D eigenvalue weighted by Crippen LogP contribution is -2.44. The van der Waals surface area contributed by atoms with Crippen LogP contribution in [0.3, 0.4) is 0 Å². The van der Waals surface area contributed by atoms with E-state index in [4.69, 9.17) is 5.73 Å². The fourth-order valence-corrected chi connectivity index (χ4v) is 2.86. The Hall–Kier alpha value is -1.55. The second-order valence-corrected chi connectivity index (χ2v) is 4.92. The minimum absolute atomic E-state index is 0.0733. The maximum atomic E-state index is 11.7. The fourth-order valence-electron chi connectivity index (χ4n) is 2.86. The van der Waals surface area contributed by atoms with Crippen LogP contribution >= 0.6 is 0 Å². The van der Waals surface area contributed by atoms with Crippen molar-refractivity contribution in [3.8, 4) is 0 Å². The first-order valence-electron chi connectivity index (χ1n) is 6.15. The second-order valence-electron chi connectivity index (χ2n) is 4.92. The Morgan fingerprint density at radius 2 is 2.12 bits per heavy atom. The quantitative estimate of drug-likeness (QED) is 0.766. The average Bonchev–Trinajstić information content (AvgIpc) is 2.74. The largest absolute Gasteiger partial charge is 0.357 e. The SMILES string of the molecule is NC1CCC(N2CC(=O)Nc3ccccc32)C1. The number of benzene rings is 1. The van der Waals surface area contributed by atoms with E-state index in [-0.39, 0.29) is 11.9 Å². The lowest BCUT2D eigenvalue weighted by Gasteiger charge is -2.35. The molecule has 1 heterocycles. The van der Waals surface area contributed by atoms with Gasteiger partial charge in [-0.2, -0.15) is 0 Å². The predicted molar refractivity (Wildman–Crippen MR) is 68.0 cm³/mol. The van der Waals surface area contributed by atoms with Gasteiger partial charge in [-0.1, -0.05) is 12.1 Å². The van der Waals surface area contributed by atoms with E-state index in [0.717, 1.165) is 30.6 Å². The van der Waals surface area contributed by atoms with Crippen molar-refractivity contribution in [2.24, 2.45) is 5.73 Å². The van der Waals surface area contributed by atoms with Gasteiger partial charge < -0.3 is 16.0 Å². The number of nitrogens with one attached hydrogen (secondary N) is 1. The number of hydrogen-bond donors (Lipinski definition) is 2. The number of amides is 1. The summed E-state index contributed by atoms with van der Waals surface area (Å²) in [6, 6.07) is 8.68. The summed E-state index contributed by atoms with van der Waals surface area (Å²) < 4.78 is 0. The van der Waals surface area contributed by atoms with Crippen LogP contribution in [-0.2, 0) is 4.79 Å². The molecule has 0 aromatic heterocycles. The molecular weight excluding hydrogens is 214 g/mol. The molecule has 0 bridgehead atoms. The summed E-state index contributed by atoms with van der Waals surface area (Å²) >= 11 is 0. The van der Waals surface area contributed by atoms with Gasteiger partial charge in [-0.15, -0.1) is 0 Å². The third-order valence-corrected chi connectivity index (χ3v) is 3.69. The number of nitrogens with zero attached hydrogens (tertiary/aromatic N) is 1. The van der Waals surface area contributed by atoms with Gasteiger partial charge in [0.2, 0.25) is 5.91 Å². The molecule has 2 atom stereocenters. The van der Waals surface area contributed by atoms with Crippen molar-refractivity contribution < 1.29 is 4.79 Å². The van der Waals surface area contributed by atoms with Crippen molar-refractivity contribution in [1.29, 1.82) is 0 Å². The molecule has 1 aliphatic carbocycles. The van der Waals surface area contributed by atoms with E-state index in [1.165, 1.54) is 0 Å². The maximum absolute atomic E-state index is 11.7. The van der Waals surface area contributed by atoms with E-state index >= 15 is 0 Å². The van der Waals surface area contributed by atoms with E-state index in [1.807, 2.05) is 18.2 Å². The van der Waals surface area contributed by atoms with Crippen molar-refractivity contribution in [3.63, 3.8) is 0 Å². The Bertz CT molecular complexity index is 446. The average molecular weight is 231 g/mol. The van der Waals surface area contributed by atoms with Crippen molar-refractivity contribution >= 4 is 17.3 Å². The molecule has 3 N–H and O–H groups in total. The highest BCUT2D eigenvalue weighted by Gasteiger charge is 2.32. The Morgan fingerprint density at radius 1 is 1.29 bits per heavy atom. The summed E-state index contributed by atoms with van der Waals surface area (Å²) in [7, 11) is 0. The molecule has 1 fully saturated rings. The van der Waals surface area contributed by atoms with Gasteiger partial charge in [-0.25, -0.2) is 0 Å². The van der Waals surface area contributed by atoms with Crippen molar-refractivity contribution in [1.82, 2.24) is 0 Å². The molecular formula is C13H17N3O. The molecule has 0 radical (unpaired) electrons. The number of rotatable bonds is 1. The van der Waals surface area contributed by atoms with Gasteiger partial charge in [-0.3, -0.25) is 4.79 Å². The molecule has 2 unspecified atom stereocenters. The zero-order chi connectivity index (χ0) is 11.8. The molecule has 17 heavy (non-hydrogen) atoms. The molecule has 1 aromatic carbocycles. The maximum Gasteiger partial charge on any atom is 0.243 e. The number of para-hydroxylation sites is 2. The molecule has 4 nitrogen and oxygen atoms in total. The molecule has 90 valence electrons. The Kier molecular flexibility index (Phi) is 2.52. The van der Waals surface area contributed by atoms with Crippen LogP contribution in [-0.4, -0.2) is 24.5 Å². The number of carbonyl (C=O) groups excluding carboxylic acids is 1. The van der Waals surface area contributed by atoms with Gasteiger partial charge in [0, 0.05) is 12.1 Å². The zero-order valence-electron chi connectivity index (χ0n) is 9.73. The summed E-state index contributed by atoms with van der Waals surface area (Å²) in [4.78, 5) is 13.9. The van der Waals surface area contributed by atoms with Crippen LogP contribution in [0.15, 0.2) is 24.3 Å². The van der Waals surface area contributed by atoms with Crippen LogP contribution in [0.25, 0.3) is 0 Å². The zero-order valence-corrected chi connectivity index (χ0v) is 9.73. The molecule has 0 spiro atoms. The standard InChI is InChI=1S/C13H17N3O/c14-9-5-6-10(7-9)16-8-13(17)15-11-3-1-2-4-12(11)16/h1-4,9-10H,5-8,14H2,(H,15,17). The monoisotopic (exact) mass is 231 g/mol. The lowest BCUT2D eigenvalue weighted by molar-refractivity contribution is -0.115. The van der Waals surface area contributed by atoms with Crippen molar-refractivity contribution in [2.75, 3.05) is 16.8 Å². The molecule has 4 heteroatoms. The summed E-state index contributed by atoms with van der Waals surface area (Å²) in [6.07, 6.45) is 3.13. The highest BCUT2D eigenvalue weighted by Crippen LogP contribution is 2.34. The van der Waals surface area contributed by atoms with E-state index in [2.05, 4.69) is 16.3 Å². The highest BCUT2D eigenvalue weighted by atomic mass is 16.2. The smallest absolute Gasteiger partial charge is 0.243 e. The molecule has 1 aromatic rings. The van der Waals surface area contributed by atoms with Gasteiger partial charge in [0.15, 0.2) is 0 Å². The minimum Gasteiger partial charge on any atom is -0.357 e. The van der Waals surface area contributed by atoms with E-state index in [1.54, 1.807) is 0 Å². The van der Waals surface area contributed by atoms with Crippen LogP contribution in [0.4, 0.5) is 11.4 Å². The van der Waals surface area contributed by atoms with E-state index < -0.39 is 0 Å². The van der Waals surface area contributed by atoms with Crippen LogP contribution in [0.1, 0.15) is 19.3 Å². The number of fused-ring (bicyclic) bond motifs is 1. The van der Waals surface area contributed by atoms with Gasteiger partial charge in [0.25, 0.3) is 0 Å². The summed E-state index contributed by atoms with van der Waals surface area (Å²) in [5.74, 6) is 0.0733. The highest BCUT2D eigenvalue weighted by molar-refractivity contribution is 6.01. The fraction of sp³-hybridized carbons (Fsp3) is 0.462. The van der Waals surface area contributed by atoms with Crippen LogP contribution in [0.5, 0.6) is 0 Å². The lowest BCUT2D eigenvalue weighted by atomic mass is 10.1. The first-order chi connectivity index (χ1) is 8.24. The minimum atomic E-state index is 0.0733. The topological polar surface area (TPSA) is 58.4 Å². The molecule has 2 aliphatic rings. The summed E-state index contributed by atoms with van der Waals surface area (Å²) in [5.41, 5.74) is 8.01. The van der Waals surface area contributed by atoms with Gasteiger partial charge >= 0.3 is 0 Å². The van der Waals surface area contributed by atoms with Crippen LogP contribution in [0.2, 0.25) is 0 Å². The van der Waals surface area contributed by atoms with Crippen LogP contribution < -0.4 is 16.0 Å². The third kappa shape index (κ3) is 1.89. The molecule has 1 aliphatic heterocycles. The van der Waals surface area contributed by atoms with Crippen LogP contribution in [0, 0.1) is 0 Å². The second kappa shape index (κ2) is 4.04. The normalized spacial score (nSPS) is 27.8. The van der Waals surface area contributed by atoms with Crippen molar-refractivity contribution in [2.45, 2.75) is 31.3 Å². The molecule has 0 saturated heterocycles. The van der Waals surface area contributed by atoms with Crippen molar-refractivity contribution in [3.05, 3.63) is 24.3 Å². The van der Waals surface area contributed by atoms with E-state index in [0.29, 0.717) is 12.6 Å². The molecule has 1 amide bonds. The summed E-state index contributed by atoms with van der Waals surface area (Å²) in [5, 5.41) is 2.91. The van der Waals surface area contributed by atoms with Gasteiger partial charge in [0.05, 0.1) is 17.9 Å². The third-order valence-electron chi connectivity index (χ3n) is 3.69. The number of nitrogens with two attached hydrogens (primary N) is 1. The molecule has 1 saturated carbocycles. The Balaban J connectivity index is 1.92. The first kappa shape index (κ1) is 10.6. The predicted octanol–water partition coefficient (Wildman–Crippen LogP) is 1.32. The number of anilines is 2. The van der Waals surface area contributed by atoms with Gasteiger partial charge in [0.1, 0.15) is 0 Å². The van der Waals surface area contributed by atoms with Gasteiger partial charge in [-0.05, 0) is 31.4 Å². The van der Waals surface area contributed by atoms with E-state index in [9.17, 15) is 4.79 Å². The Morgan fingerprint density at radius 3 is 2.88 bits per heavy atom. The first-order valence-corrected chi connectivity index (χ1v) is 6.15.